The molecule has 0 heterocycles. The van der Waals surface area contributed by atoms with Crippen LogP contribution in [0.4, 0.5) is 0 Å². The molecule has 62 valence electrons. The fourth-order valence-corrected chi connectivity index (χ4v) is 1.40. The molecule has 0 radical (unpaired) electrons. The van der Waals surface area contributed by atoms with Gasteiger partial charge in [0.15, 0.2) is 0 Å². The quantitative estimate of drug-likeness (QED) is 0.382. The van der Waals surface area contributed by atoms with Crippen molar-refractivity contribution in [1.82, 2.24) is 6.15 Å². The Hall–Kier alpha value is -0.147. The average Bonchev–Trinajstić information content (AvgIpc) is 1.59. The zero-order chi connectivity index (χ0) is 7.49. The van der Waals surface area contributed by atoms with Crippen LogP contribution in [0.15, 0.2) is 0 Å². The van der Waals surface area contributed by atoms with Gasteiger partial charge in [0, 0.05) is 0 Å². The van der Waals surface area contributed by atoms with Crippen LogP contribution < -0.4 is 11.3 Å². The predicted molar refractivity (Wildman–Crippen MR) is 32.8 cm³/mol. The Morgan fingerprint density at radius 1 is 1.40 bits per heavy atom. The SMILES string of the molecule is O=C([O-])C[CH2][Ge]([OH])([OH])[OH].[NH4+]. The molecule has 0 amide bonds. The van der Waals surface area contributed by atoms with Crippen molar-refractivity contribution < 1.29 is 22.3 Å². The van der Waals surface area contributed by atoms with Crippen molar-refractivity contribution in [1.29, 1.82) is 0 Å². The van der Waals surface area contributed by atoms with Crippen LogP contribution in [0.1, 0.15) is 6.42 Å². The molecule has 7 heteroatoms. The van der Waals surface area contributed by atoms with Gasteiger partial charge in [0.1, 0.15) is 0 Å². The summed E-state index contributed by atoms with van der Waals surface area (Å²) in [5.74, 6) is -1.39. The van der Waals surface area contributed by atoms with E-state index in [9.17, 15) is 9.90 Å². The smallest absolute Gasteiger partial charge is 0.369 e. The van der Waals surface area contributed by atoms with Gasteiger partial charge in [0.25, 0.3) is 0 Å². The summed E-state index contributed by atoms with van der Waals surface area (Å²) < 4.78 is 24.8. The largest absolute Gasteiger partial charge is 0.369 e. The molecule has 0 bridgehead atoms. The summed E-state index contributed by atoms with van der Waals surface area (Å²) in [7, 11) is 0. The summed E-state index contributed by atoms with van der Waals surface area (Å²) in [5, 5.41) is 9.18. The van der Waals surface area contributed by atoms with E-state index in [4.69, 9.17) is 12.4 Å². The summed E-state index contributed by atoms with van der Waals surface area (Å²) in [6.07, 6.45) is -0.497. The molecule has 10 heavy (non-hydrogen) atoms. The first-order chi connectivity index (χ1) is 3.92. The molecule has 0 rings (SSSR count). The molecular weight excluding hydrogens is 203 g/mol. The van der Waals surface area contributed by atoms with Gasteiger partial charge in [0.05, 0.1) is 0 Å². The summed E-state index contributed by atoms with van der Waals surface area (Å²) in [5.41, 5.74) is 0. The predicted octanol–water partition coefficient (Wildman–Crippen LogP) is -2.58. The topological polar surface area (TPSA) is 137 Å². The van der Waals surface area contributed by atoms with Crippen LogP contribution in [0, 0.1) is 0 Å². The maximum atomic E-state index is 9.63. The zero-order valence-electron chi connectivity index (χ0n) is 5.57. The van der Waals surface area contributed by atoms with Gasteiger partial charge >= 0.3 is 54.2 Å². The summed E-state index contributed by atoms with van der Waals surface area (Å²) >= 11 is -4.58. The normalized spacial score (nSPS) is 10.3. The molecule has 0 aliphatic heterocycles. The zero-order valence-corrected chi connectivity index (χ0v) is 7.67. The van der Waals surface area contributed by atoms with Crippen molar-refractivity contribution in [2.24, 2.45) is 0 Å². The van der Waals surface area contributed by atoms with Gasteiger partial charge in [-0.1, -0.05) is 0 Å². The number of carbonyl (C=O) groups excluding carboxylic acids is 1. The monoisotopic (exact) mass is 215 g/mol. The number of quaternary nitrogens is 1. The van der Waals surface area contributed by atoms with Crippen LogP contribution in [0.2, 0.25) is 5.25 Å². The Bertz CT molecular complexity index is 110. The molecule has 0 aromatic carbocycles. The third kappa shape index (κ3) is 10.8. The Morgan fingerprint density at radius 3 is 1.90 bits per heavy atom. The molecule has 0 spiro atoms. The second-order valence-corrected chi connectivity index (χ2v) is 5.94. The van der Waals surface area contributed by atoms with Crippen molar-refractivity contribution in [3.63, 3.8) is 0 Å². The molecule has 0 aliphatic rings. The molecule has 0 fully saturated rings. The van der Waals surface area contributed by atoms with E-state index in [1.807, 2.05) is 0 Å². The average molecular weight is 214 g/mol. The third-order valence-electron chi connectivity index (χ3n) is 0.665. The van der Waals surface area contributed by atoms with Gasteiger partial charge in [-0.25, -0.2) is 0 Å². The molecule has 0 aromatic heterocycles. The van der Waals surface area contributed by atoms with Crippen LogP contribution in [0.5, 0.6) is 0 Å². The van der Waals surface area contributed by atoms with E-state index in [2.05, 4.69) is 0 Å². The van der Waals surface area contributed by atoms with Gasteiger partial charge in [0.2, 0.25) is 0 Å². The van der Waals surface area contributed by atoms with Gasteiger partial charge < -0.3 is 6.15 Å². The van der Waals surface area contributed by atoms with E-state index in [0.29, 0.717) is 0 Å². The van der Waals surface area contributed by atoms with E-state index in [1.165, 1.54) is 0 Å². The van der Waals surface area contributed by atoms with Crippen LogP contribution in [0.25, 0.3) is 0 Å². The van der Waals surface area contributed by atoms with Gasteiger partial charge in [-0.05, 0) is 0 Å². The number of carbonyl (C=O) groups is 1. The van der Waals surface area contributed by atoms with Crippen molar-refractivity contribution in [3.05, 3.63) is 0 Å². The minimum atomic E-state index is -4.58. The van der Waals surface area contributed by atoms with Crippen LogP contribution in [-0.4, -0.2) is 32.6 Å². The standard InChI is InChI=1S/C3H8GeO5.H3N/c5-3(6)1-2-4(7,8)9;/h7-9H,1-2H2,(H,5,6);1H3. The van der Waals surface area contributed by atoms with E-state index < -0.39 is 31.9 Å². The molecule has 6 nitrogen and oxygen atoms in total. The van der Waals surface area contributed by atoms with Crippen LogP contribution >= 0.6 is 0 Å². The second-order valence-electron chi connectivity index (χ2n) is 1.65. The Labute approximate surface area is 61.1 Å². The number of rotatable bonds is 3. The molecule has 0 saturated carbocycles. The summed E-state index contributed by atoms with van der Waals surface area (Å²) in [6, 6.07) is 0. The van der Waals surface area contributed by atoms with Crippen molar-refractivity contribution in [2.75, 3.05) is 0 Å². The number of hydrogen-bond donors (Lipinski definition) is 4. The first-order valence-corrected chi connectivity index (χ1v) is 6.58. The second kappa shape index (κ2) is 4.64. The summed E-state index contributed by atoms with van der Waals surface area (Å²) in [6.45, 7) is 0. The molecular formula is C3H11GeNO5. The molecule has 7 N–H and O–H groups in total. The number of hydrogen-bond acceptors (Lipinski definition) is 5. The Kier molecular flexibility index (Phi) is 5.80. The van der Waals surface area contributed by atoms with E-state index >= 15 is 0 Å². The van der Waals surface area contributed by atoms with Crippen molar-refractivity contribution >= 4 is 20.2 Å². The molecule has 0 unspecified atom stereocenters. The van der Waals surface area contributed by atoms with Crippen LogP contribution in [-0.2, 0) is 4.79 Å². The molecule has 0 aliphatic carbocycles. The maximum absolute atomic E-state index is 9.63. The number of aliphatic carboxylic acids is 1. The first kappa shape index (κ1) is 12.5. The fourth-order valence-electron chi connectivity index (χ4n) is 0.270. The third-order valence-corrected chi connectivity index (χ3v) is 2.60. The van der Waals surface area contributed by atoms with E-state index in [0.717, 1.165) is 0 Å². The molecule has 0 atom stereocenters. The summed E-state index contributed by atoms with van der Waals surface area (Å²) in [4.78, 5) is 9.63. The maximum Gasteiger partial charge on any atom is -0.369 e. The van der Waals surface area contributed by atoms with Crippen molar-refractivity contribution in [3.8, 4) is 0 Å². The fraction of sp³-hybridized carbons (Fsp3) is 0.667. The van der Waals surface area contributed by atoms with Gasteiger partial charge in [-0.2, -0.15) is 0 Å². The van der Waals surface area contributed by atoms with E-state index in [-0.39, 0.29) is 6.15 Å². The van der Waals surface area contributed by atoms with E-state index in [1.54, 1.807) is 0 Å². The van der Waals surface area contributed by atoms with Crippen molar-refractivity contribution in [2.45, 2.75) is 11.7 Å². The van der Waals surface area contributed by atoms with Crippen LogP contribution in [0.3, 0.4) is 0 Å². The Morgan fingerprint density at radius 2 is 1.80 bits per heavy atom. The van der Waals surface area contributed by atoms with Gasteiger partial charge in [-0.3, -0.25) is 0 Å². The molecule has 0 saturated heterocycles. The minimum absolute atomic E-state index is 0. The minimum Gasteiger partial charge on any atom is -0.369 e. The molecule has 0 aromatic rings. The number of carboxylic acid groups (broad SMARTS) is 1. The Balaban J connectivity index is 0. The number of carboxylic acids is 1. The van der Waals surface area contributed by atoms with Gasteiger partial charge in [-0.15, -0.1) is 0 Å². The first-order valence-electron chi connectivity index (χ1n) is 2.29.